The minimum absolute atomic E-state index is 0.216. The van der Waals surface area contributed by atoms with Crippen molar-refractivity contribution in [2.45, 2.75) is 20.0 Å². The number of hydrogen-bond acceptors (Lipinski definition) is 3. The largest absolute Gasteiger partial charge is 0.386 e. The summed E-state index contributed by atoms with van der Waals surface area (Å²) in [7, 11) is 1.92. The Labute approximate surface area is 106 Å². The van der Waals surface area contributed by atoms with E-state index in [0.717, 1.165) is 29.0 Å². The van der Waals surface area contributed by atoms with Crippen molar-refractivity contribution in [2.75, 3.05) is 30.8 Å². The molecule has 0 aliphatic rings. The van der Waals surface area contributed by atoms with Gasteiger partial charge in [-0.1, -0.05) is 15.9 Å². The van der Waals surface area contributed by atoms with E-state index in [-0.39, 0.29) is 6.10 Å². The molecule has 0 aromatic heterocycles. The van der Waals surface area contributed by atoms with Crippen LogP contribution in [0.2, 0.25) is 0 Å². The summed E-state index contributed by atoms with van der Waals surface area (Å²) in [6, 6.07) is 6.12. The quantitative estimate of drug-likeness (QED) is 0.842. The molecule has 0 aliphatic heterocycles. The van der Waals surface area contributed by atoms with Crippen molar-refractivity contribution >= 4 is 27.3 Å². The van der Waals surface area contributed by atoms with Crippen molar-refractivity contribution in [1.29, 1.82) is 0 Å². The fraction of sp³-hybridized carbons (Fsp3) is 0.500. The second kappa shape index (κ2) is 6.76. The van der Waals surface area contributed by atoms with Crippen molar-refractivity contribution in [1.82, 2.24) is 0 Å². The number of anilines is 2. The molecule has 0 unspecified atom stereocenters. The van der Waals surface area contributed by atoms with E-state index in [4.69, 9.17) is 4.74 Å². The summed E-state index contributed by atoms with van der Waals surface area (Å²) in [5.74, 6) is 0. The van der Waals surface area contributed by atoms with Crippen LogP contribution in [0.1, 0.15) is 13.8 Å². The Balaban J connectivity index is 2.61. The van der Waals surface area contributed by atoms with Crippen LogP contribution in [0.3, 0.4) is 0 Å². The van der Waals surface area contributed by atoms with E-state index < -0.39 is 0 Å². The van der Waals surface area contributed by atoms with E-state index in [1.54, 1.807) is 0 Å². The Bertz CT molecular complexity index is 331. The van der Waals surface area contributed by atoms with Gasteiger partial charge in [-0.3, -0.25) is 0 Å². The van der Waals surface area contributed by atoms with Gasteiger partial charge in [0, 0.05) is 24.7 Å². The van der Waals surface area contributed by atoms with Crippen molar-refractivity contribution in [2.24, 2.45) is 0 Å². The molecule has 1 atom stereocenters. The van der Waals surface area contributed by atoms with Crippen molar-refractivity contribution in [3.63, 3.8) is 0 Å². The first-order valence-corrected chi connectivity index (χ1v) is 6.29. The average molecular weight is 287 g/mol. The second-order valence-corrected chi connectivity index (χ2v) is 4.50. The summed E-state index contributed by atoms with van der Waals surface area (Å²) < 4.78 is 6.54. The highest BCUT2D eigenvalue weighted by Crippen LogP contribution is 2.25. The van der Waals surface area contributed by atoms with Crippen LogP contribution in [0.5, 0.6) is 0 Å². The number of hydrogen-bond donors (Lipinski definition) is 2. The fourth-order valence-corrected chi connectivity index (χ4v) is 1.84. The molecule has 2 N–H and O–H groups in total. The molecule has 0 radical (unpaired) electrons. The highest BCUT2D eigenvalue weighted by Gasteiger charge is 2.04. The van der Waals surface area contributed by atoms with Crippen molar-refractivity contribution < 1.29 is 4.74 Å². The number of benzene rings is 1. The molecule has 16 heavy (non-hydrogen) atoms. The Kier molecular flexibility index (Phi) is 5.63. The summed E-state index contributed by atoms with van der Waals surface area (Å²) in [6.45, 7) is 5.63. The lowest BCUT2D eigenvalue weighted by molar-refractivity contribution is 0.0855. The third-order valence-electron chi connectivity index (χ3n) is 2.28. The van der Waals surface area contributed by atoms with Gasteiger partial charge < -0.3 is 15.4 Å². The Morgan fingerprint density at radius 2 is 2.12 bits per heavy atom. The first kappa shape index (κ1) is 13.3. The smallest absolute Gasteiger partial charge is 0.0719 e. The number of nitrogens with one attached hydrogen (secondary N) is 2. The predicted molar refractivity (Wildman–Crippen MR) is 73.3 cm³/mol. The summed E-state index contributed by atoms with van der Waals surface area (Å²) in [6.07, 6.45) is 0.216. The molecule has 4 heteroatoms. The number of rotatable bonds is 6. The molecule has 0 aliphatic carbocycles. The zero-order valence-corrected chi connectivity index (χ0v) is 11.6. The fourth-order valence-electron chi connectivity index (χ4n) is 1.48. The molecule has 90 valence electrons. The molecule has 3 nitrogen and oxygen atoms in total. The predicted octanol–water partition coefficient (Wildman–Crippen LogP) is 3.33. The summed E-state index contributed by atoms with van der Waals surface area (Å²) in [5.41, 5.74) is 2.18. The molecular weight excluding hydrogens is 268 g/mol. The molecule has 0 bridgehead atoms. The van der Waals surface area contributed by atoms with Gasteiger partial charge in [-0.05, 0) is 32.0 Å². The minimum Gasteiger partial charge on any atom is -0.386 e. The topological polar surface area (TPSA) is 33.3 Å². The zero-order chi connectivity index (χ0) is 12.0. The van der Waals surface area contributed by atoms with Gasteiger partial charge in [0.25, 0.3) is 0 Å². The van der Waals surface area contributed by atoms with Gasteiger partial charge in [0.1, 0.15) is 0 Å². The number of ether oxygens (including phenoxy) is 1. The van der Waals surface area contributed by atoms with E-state index in [9.17, 15) is 0 Å². The van der Waals surface area contributed by atoms with Gasteiger partial charge in [0.05, 0.1) is 17.5 Å². The number of halogens is 1. The molecule has 0 heterocycles. The standard InChI is InChI=1S/C12H19BrN2O/c1-4-16-9(2)8-15-12-7-10(13)5-6-11(12)14-3/h5-7,9,14-15H,4,8H2,1-3H3/t9-/m0/s1. The average Bonchev–Trinajstić information content (AvgIpc) is 2.27. The highest BCUT2D eigenvalue weighted by atomic mass is 79.9. The normalized spacial score (nSPS) is 12.2. The molecule has 0 fully saturated rings. The Morgan fingerprint density at radius 3 is 2.75 bits per heavy atom. The monoisotopic (exact) mass is 286 g/mol. The van der Waals surface area contributed by atoms with Crippen LogP contribution in [-0.4, -0.2) is 26.3 Å². The van der Waals surface area contributed by atoms with E-state index in [1.165, 1.54) is 0 Å². The Hall–Kier alpha value is -0.740. The SMILES string of the molecule is CCO[C@@H](C)CNc1cc(Br)ccc1NC. The van der Waals surface area contributed by atoms with E-state index in [0.29, 0.717) is 0 Å². The third kappa shape index (κ3) is 4.02. The van der Waals surface area contributed by atoms with Crippen LogP contribution in [0.25, 0.3) is 0 Å². The maximum atomic E-state index is 5.47. The molecule has 1 aromatic carbocycles. The minimum atomic E-state index is 0.216. The lowest BCUT2D eigenvalue weighted by Gasteiger charge is -2.16. The van der Waals surface area contributed by atoms with E-state index >= 15 is 0 Å². The van der Waals surface area contributed by atoms with Gasteiger partial charge >= 0.3 is 0 Å². The molecular formula is C12H19BrN2O. The Morgan fingerprint density at radius 1 is 1.38 bits per heavy atom. The van der Waals surface area contributed by atoms with E-state index in [1.807, 2.05) is 26.1 Å². The van der Waals surface area contributed by atoms with Crippen LogP contribution in [0.15, 0.2) is 22.7 Å². The molecule has 0 amide bonds. The molecule has 0 saturated heterocycles. The van der Waals surface area contributed by atoms with Crippen LogP contribution in [0.4, 0.5) is 11.4 Å². The zero-order valence-electron chi connectivity index (χ0n) is 10.0. The lowest BCUT2D eigenvalue weighted by atomic mass is 10.2. The van der Waals surface area contributed by atoms with Gasteiger partial charge in [-0.2, -0.15) is 0 Å². The van der Waals surface area contributed by atoms with Gasteiger partial charge in [-0.15, -0.1) is 0 Å². The van der Waals surface area contributed by atoms with Crippen LogP contribution >= 0.6 is 15.9 Å². The van der Waals surface area contributed by atoms with Crippen molar-refractivity contribution in [3.8, 4) is 0 Å². The van der Waals surface area contributed by atoms with Crippen LogP contribution < -0.4 is 10.6 Å². The molecule has 1 rings (SSSR count). The maximum Gasteiger partial charge on any atom is 0.0719 e. The molecule has 0 saturated carbocycles. The summed E-state index contributed by atoms with van der Waals surface area (Å²) >= 11 is 3.46. The third-order valence-corrected chi connectivity index (χ3v) is 2.78. The first-order chi connectivity index (χ1) is 7.67. The summed E-state index contributed by atoms with van der Waals surface area (Å²) in [5, 5.41) is 6.53. The van der Waals surface area contributed by atoms with E-state index in [2.05, 4.69) is 39.6 Å². The van der Waals surface area contributed by atoms with Gasteiger partial charge in [-0.25, -0.2) is 0 Å². The first-order valence-electron chi connectivity index (χ1n) is 5.50. The van der Waals surface area contributed by atoms with Crippen LogP contribution in [-0.2, 0) is 4.74 Å². The van der Waals surface area contributed by atoms with Crippen molar-refractivity contribution in [3.05, 3.63) is 22.7 Å². The van der Waals surface area contributed by atoms with Crippen LogP contribution in [0, 0.1) is 0 Å². The summed E-state index contributed by atoms with van der Waals surface area (Å²) in [4.78, 5) is 0. The molecule has 0 spiro atoms. The van der Waals surface area contributed by atoms with Gasteiger partial charge in [0.15, 0.2) is 0 Å². The lowest BCUT2D eigenvalue weighted by Crippen LogP contribution is -2.20. The second-order valence-electron chi connectivity index (χ2n) is 3.59. The molecule has 1 aromatic rings. The van der Waals surface area contributed by atoms with Gasteiger partial charge in [0.2, 0.25) is 0 Å². The maximum absolute atomic E-state index is 5.47. The highest BCUT2D eigenvalue weighted by molar-refractivity contribution is 9.10.